The number of aliphatic carboxylic acids is 1. The van der Waals surface area contributed by atoms with Crippen LogP contribution in [0.5, 0.6) is 0 Å². The van der Waals surface area contributed by atoms with Gasteiger partial charge >= 0.3 is 5.97 Å². The Hall–Kier alpha value is -2.20. The lowest BCUT2D eigenvalue weighted by Gasteiger charge is -2.13. The van der Waals surface area contributed by atoms with Crippen LogP contribution < -0.4 is 0 Å². The Morgan fingerprint density at radius 3 is 2.71 bits per heavy atom. The first-order valence-corrected chi connectivity index (χ1v) is 7.63. The monoisotopic (exact) mass is 297 g/mol. The highest BCUT2D eigenvalue weighted by Crippen LogP contribution is 2.29. The molecule has 2 heterocycles. The number of aromatic nitrogens is 1. The molecule has 0 aliphatic carbocycles. The maximum Gasteiger partial charge on any atom is 0.312 e. The van der Waals surface area contributed by atoms with Crippen molar-refractivity contribution < 1.29 is 9.90 Å². The average Bonchev–Trinajstić information content (AvgIpc) is 2.95. The number of hydrogen-bond donors (Lipinski definition) is 1. The highest BCUT2D eigenvalue weighted by atomic mass is 32.1. The molecular formula is C17H15NO2S. The van der Waals surface area contributed by atoms with Crippen molar-refractivity contribution in [1.82, 2.24) is 4.98 Å². The van der Waals surface area contributed by atoms with Crippen molar-refractivity contribution in [2.45, 2.75) is 19.3 Å². The van der Waals surface area contributed by atoms with E-state index < -0.39 is 11.9 Å². The van der Waals surface area contributed by atoms with Gasteiger partial charge in [-0.05, 0) is 36.4 Å². The number of benzene rings is 1. The molecule has 0 bridgehead atoms. The van der Waals surface area contributed by atoms with E-state index in [0.29, 0.717) is 12.1 Å². The van der Waals surface area contributed by atoms with Crippen LogP contribution in [0.25, 0.3) is 10.1 Å². The molecule has 3 nitrogen and oxygen atoms in total. The lowest BCUT2D eigenvalue weighted by atomic mass is 9.93. The lowest BCUT2D eigenvalue weighted by molar-refractivity contribution is -0.138. The molecule has 2 aromatic heterocycles. The van der Waals surface area contributed by atoms with Gasteiger partial charge in [0.25, 0.3) is 0 Å². The summed E-state index contributed by atoms with van der Waals surface area (Å²) in [6.07, 6.45) is 2.15. The summed E-state index contributed by atoms with van der Waals surface area (Å²) in [5.41, 5.74) is 2.84. The maximum absolute atomic E-state index is 11.7. The minimum Gasteiger partial charge on any atom is -0.481 e. The minimum absolute atomic E-state index is 0.456. The molecule has 0 amide bonds. The lowest BCUT2D eigenvalue weighted by Crippen LogP contribution is -2.16. The van der Waals surface area contributed by atoms with E-state index in [0.717, 1.165) is 15.6 Å². The third-order valence-corrected chi connectivity index (χ3v) is 4.48. The normalized spacial score (nSPS) is 12.4. The summed E-state index contributed by atoms with van der Waals surface area (Å²) in [5, 5.41) is 12.5. The molecule has 1 N–H and O–H groups in total. The summed E-state index contributed by atoms with van der Waals surface area (Å²) < 4.78 is 1.08. The fourth-order valence-electron chi connectivity index (χ4n) is 2.45. The summed E-state index contributed by atoms with van der Waals surface area (Å²) >= 11 is 1.61. The predicted octanol–water partition coefficient (Wildman–Crippen LogP) is 4.02. The summed E-state index contributed by atoms with van der Waals surface area (Å²) in [7, 11) is 0. The second-order valence-corrected chi connectivity index (χ2v) is 6.06. The number of carboxylic acids is 1. The number of pyridine rings is 1. The van der Waals surface area contributed by atoms with Gasteiger partial charge in [0, 0.05) is 16.3 Å². The van der Waals surface area contributed by atoms with Crippen molar-refractivity contribution in [2.75, 3.05) is 0 Å². The topological polar surface area (TPSA) is 50.2 Å². The molecule has 0 fully saturated rings. The van der Waals surface area contributed by atoms with Crippen molar-refractivity contribution in [3.05, 3.63) is 64.8 Å². The molecule has 0 aliphatic rings. The van der Waals surface area contributed by atoms with E-state index >= 15 is 0 Å². The number of nitrogens with zero attached hydrogens (tertiary/aromatic N) is 1. The van der Waals surface area contributed by atoms with Crippen LogP contribution in [0.1, 0.15) is 22.7 Å². The smallest absolute Gasteiger partial charge is 0.312 e. The zero-order valence-corrected chi connectivity index (χ0v) is 12.4. The van der Waals surface area contributed by atoms with Crippen LogP contribution in [-0.4, -0.2) is 16.1 Å². The molecule has 3 aromatic rings. The van der Waals surface area contributed by atoms with Crippen LogP contribution >= 0.6 is 11.3 Å². The molecule has 0 radical (unpaired) electrons. The van der Waals surface area contributed by atoms with Gasteiger partial charge in [-0.3, -0.25) is 9.78 Å². The van der Waals surface area contributed by atoms with Gasteiger partial charge in [-0.15, -0.1) is 11.3 Å². The zero-order valence-electron chi connectivity index (χ0n) is 11.6. The summed E-state index contributed by atoms with van der Waals surface area (Å²) in [5.74, 6) is -1.45. The Labute approximate surface area is 126 Å². The standard InChI is InChI=1S/C17H15NO2S/c1-11-2-4-12(5-3-11)10-14(17(19)20)16-13-7-9-21-15(13)6-8-18-16/h2-9,14H,10H2,1H3,(H,19,20). The number of aryl methyl sites for hydroxylation is 1. The number of thiophene rings is 1. The Kier molecular flexibility index (Phi) is 3.71. The van der Waals surface area contributed by atoms with Crippen molar-refractivity contribution in [1.29, 1.82) is 0 Å². The molecule has 0 saturated carbocycles. The first-order chi connectivity index (χ1) is 10.1. The van der Waals surface area contributed by atoms with E-state index in [4.69, 9.17) is 0 Å². The molecule has 1 unspecified atom stereocenters. The van der Waals surface area contributed by atoms with Crippen LogP contribution in [0, 0.1) is 6.92 Å². The Morgan fingerprint density at radius 2 is 2.00 bits per heavy atom. The van der Waals surface area contributed by atoms with Crippen LogP contribution in [0.4, 0.5) is 0 Å². The van der Waals surface area contributed by atoms with Crippen molar-refractivity contribution in [2.24, 2.45) is 0 Å². The molecule has 1 atom stereocenters. The van der Waals surface area contributed by atoms with Crippen LogP contribution in [-0.2, 0) is 11.2 Å². The fourth-order valence-corrected chi connectivity index (χ4v) is 3.24. The van der Waals surface area contributed by atoms with E-state index in [1.807, 2.05) is 48.7 Å². The van der Waals surface area contributed by atoms with Crippen molar-refractivity contribution in [3.63, 3.8) is 0 Å². The maximum atomic E-state index is 11.7. The molecular weight excluding hydrogens is 282 g/mol. The second kappa shape index (κ2) is 5.66. The van der Waals surface area contributed by atoms with E-state index in [1.54, 1.807) is 17.5 Å². The quantitative estimate of drug-likeness (QED) is 0.791. The average molecular weight is 297 g/mol. The van der Waals surface area contributed by atoms with E-state index in [-0.39, 0.29) is 0 Å². The second-order valence-electron chi connectivity index (χ2n) is 5.11. The fraction of sp³-hybridized carbons (Fsp3) is 0.176. The number of hydrogen-bond acceptors (Lipinski definition) is 3. The number of rotatable bonds is 4. The Morgan fingerprint density at radius 1 is 1.24 bits per heavy atom. The molecule has 0 spiro atoms. The van der Waals surface area contributed by atoms with Gasteiger partial charge in [0.1, 0.15) is 5.92 Å². The van der Waals surface area contributed by atoms with Gasteiger partial charge in [-0.2, -0.15) is 0 Å². The van der Waals surface area contributed by atoms with Crippen LogP contribution in [0.3, 0.4) is 0 Å². The van der Waals surface area contributed by atoms with Crippen LogP contribution in [0.2, 0.25) is 0 Å². The summed E-state index contributed by atoms with van der Waals surface area (Å²) in [6.45, 7) is 2.02. The molecule has 4 heteroatoms. The van der Waals surface area contributed by atoms with Gasteiger partial charge in [-0.1, -0.05) is 29.8 Å². The summed E-state index contributed by atoms with van der Waals surface area (Å²) in [4.78, 5) is 16.0. The van der Waals surface area contributed by atoms with Gasteiger partial charge in [0.2, 0.25) is 0 Å². The predicted molar refractivity (Wildman–Crippen MR) is 84.9 cm³/mol. The molecule has 21 heavy (non-hydrogen) atoms. The minimum atomic E-state index is -0.832. The van der Waals surface area contributed by atoms with E-state index in [2.05, 4.69) is 4.98 Å². The third kappa shape index (κ3) is 2.81. The third-order valence-electron chi connectivity index (χ3n) is 3.60. The van der Waals surface area contributed by atoms with Gasteiger partial charge in [-0.25, -0.2) is 0 Å². The van der Waals surface area contributed by atoms with Gasteiger partial charge in [0.05, 0.1) is 5.69 Å². The highest BCUT2D eigenvalue weighted by Gasteiger charge is 2.24. The molecule has 3 rings (SSSR count). The first kappa shape index (κ1) is 13.8. The van der Waals surface area contributed by atoms with Gasteiger partial charge < -0.3 is 5.11 Å². The van der Waals surface area contributed by atoms with E-state index in [1.165, 1.54) is 5.56 Å². The first-order valence-electron chi connectivity index (χ1n) is 6.75. The zero-order chi connectivity index (χ0) is 14.8. The SMILES string of the molecule is Cc1ccc(CC(C(=O)O)c2nccc3sccc23)cc1. The number of fused-ring (bicyclic) bond motifs is 1. The van der Waals surface area contributed by atoms with Crippen molar-refractivity contribution >= 4 is 27.4 Å². The summed E-state index contributed by atoms with van der Waals surface area (Å²) in [6, 6.07) is 11.9. The molecule has 0 saturated heterocycles. The van der Waals surface area contributed by atoms with Gasteiger partial charge in [0.15, 0.2) is 0 Å². The molecule has 106 valence electrons. The number of carbonyl (C=O) groups is 1. The highest BCUT2D eigenvalue weighted by molar-refractivity contribution is 7.17. The Balaban J connectivity index is 2.00. The molecule has 1 aromatic carbocycles. The Bertz CT molecular complexity index is 777. The van der Waals surface area contributed by atoms with Crippen molar-refractivity contribution in [3.8, 4) is 0 Å². The van der Waals surface area contributed by atoms with Crippen LogP contribution in [0.15, 0.2) is 48.0 Å². The number of carboxylic acid groups (broad SMARTS) is 1. The largest absolute Gasteiger partial charge is 0.481 e. The van der Waals surface area contributed by atoms with E-state index in [9.17, 15) is 9.90 Å². The molecule has 0 aliphatic heterocycles.